The minimum absolute atomic E-state index is 0.0167. The van der Waals surface area contributed by atoms with E-state index < -0.39 is 18.8 Å². The summed E-state index contributed by atoms with van der Waals surface area (Å²) in [5.41, 5.74) is 1.69. The highest BCUT2D eigenvalue weighted by molar-refractivity contribution is 6.06. The van der Waals surface area contributed by atoms with Crippen LogP contribution in [0.1, 0.15) is 38.0 Å². The Morgan fingerprint density at radius 1 is 1.30 bits per heavy atom. The minimum Gasteiger partial charge on any atom is -0.433 e. The Balaban J connectivity index is 0.00000155. The van der Waals surface area contributed by atoms with Crippen molar-refractivity contribution < 1.29 is 23.7 Å². The molecule has 30 heavy (non-hydrogen) atoms. The van der Waals surface area contributed by atoms with E-state index >= 15 is 0 Å². The SMILES string of the molecule is CC.CC(F)(F)Oc1ccc(Nc2nccc(C(O)CO)c2C(=N)C2CNC2)cc1. The number of aliphatic hydroxyl groups is 2. The van der Waals surface area contributed by atoms with Crippen molar-refractivity contribution >= 4 is 17.2 Å². The van der Waals surface area contributed by atoms with Crippen molar-refractivity contribution in [2.45, 2.75) is 33.0 Å². The zero-order valence-electron chi connectivity index (χ0n) is 17.2. The zero-order valence-corrected chi connectivity index (χ0v) is 17.2. The monoisotopic (exact) mass is 422 g/mol. The van der Waals surface area contributed by atoms with Gasteiger partial charge >= 0.3 is 6.11 Å². The van der Waals surface area contributed by atoms with Gasteiger partial charge in [0.25, 0.3) is 0 Å². The van der Waals surface area contributed by atoms with E-state index in [-0.39, 0.29) is 11.7 Å². The molecule has 5 N–H and O–H groups in total. The Kier molecular flexibility index (Phi) is 8.22. The Morgan fingerprint density at radius 3 is 2.43 bits per heavy atom. The Bertz CT molecular complexity index is 837. The lowest BCUT2D eigenvalue weighted by Crippen LogP contribution is -2.47. The van der Waals surface area contributed by atoms with Crippen LogP contribution in [0.15, 0.2) is 36.5 Å². The van der Waals surface area contributed by atoms with Gasteiger partial charge in [-0.3, -0.25) is 0 Å². The summed E-state index contributed by atoms with van der Waals surface area (Å²) in [5, 5.41) is 34.2. The van der Waals surface area contributed by atoms with Crippen LogP contribution in [0.3, 0.4) is 0 Å². The minimum atomic E-state index is -3.27. The van der Waals surface area contributed by atoms with Gasteiger partial charge in [0.2, 0.25) is 0 Å². The smallest absolute Gasteiger partial charge is 0.394 e. The third kappa shape index (κ3) is 5.94. The van der Waals surface area contributed by atoms with Crippen LogP contribution in [0.4, 0.5) is 20.3 Å². The molecule has 0 bridgehead atoms. The highest BCUT2D eigenvalue weighted by Gasteiger charge is 2.28. The maximum atomic E-state index is 12.9. The number of alkyl halides is 2. The van der Waals surface area contributed by atoms with Gasteiger partial charge in [-0.1, -0.05) is 13.8 Å². The standard InChI is InChI=1S/C19H22F2N4O3.C2H6/c1-19(20,21)28-13-4-2-12(3-5-13)25-18-16(17(22)11-8-23-9-11)14(6-7-24-18)15(27)10-26;1-2/h2-7,11,15,22-23,26-27H,8-10H2,1H3,(H,24,25);1-2H3. The molecule has 3 rings (SSSR count). The molecule has 1 aromatic carbocycles. The topological polar surface area (TPSA) is 110 Å². The number of ether oxygens (including phenoxy) is 1. The molecule has 1 aliphatic rings. The molecule has 164 valence electrons. The molecule has 2 heterocycles. The molecular weight excluding hydrogens is 394 g/mol. The van der Waals surface area contributed by atoms with Crippen molar-refractivity contribution in [1.82, 2.24) is 10.3 Å². The second-order valence-electron chi connectivity index (χ2n) is 6.65. The summed E-state index contributed by atoms with van der Waals surface area (Å²) in [6, 6.07) is 7.47. The van der Waals surface area contributed by atoms with Crippen molar-refractivity contribution in [2.24, 2.45) is 5.92 Å². The number of nitrogens with zero attached hydrogens (tertiary/aromatic N) is 1. The summed E-state index contributed by atoms with van der Waals surface area (Å²) in [5.74, 6) is 0.345. The molecule has 1 aliphatic heterocycles. The normalized spacial score (nSPS) is 14.8. The summed E-state index contributed by atoms with van der Waals surface area (Å²) < 4.78 is 30.4. The molecule has 1 saturated heterocycles. The maximum absolute atomic E-state index is 12.9. The van der Waals surface area contributed by atoms with Crippen LogP contribution in [-0.2, 0) is 0 Å². The molecule has 1 aromatic heterocycles. The van der Waals surface area contributed by atoms with E-state index in [0.717, 1.165) is 0 Å². The molecule has 0 aliphatic carbocycles. The highest BCUT2D eigenvalue weighted by atomic mass is 19.3. The predicted octanol–water partition coefficient (Wildman–Crippen LogP) is 3.46. The van der Waals surface area contributed by atoms with E-state index in [4.69, 9.17) is 5.41 Å². The number of pyridine rings is 1. The molecule has 1 fully saturated rings. The Hall–Kier alpha value is -2.62. The van der Waals surface area contributed by atoms with Crippen molar-refractivity contribution in [3.8, 4) is 5.75 Å². The molecule has 1 atom stereocenters. The van der Waals surface area contributed by atoms with E-state index in [1.165, 1.54) is 18.3 Å². The van der Waals surface area contributed by atoms with E-state index in [2.05, 4.69) is 20.4 Å². The number of benzene rings is 1. The van der Waals surface area contributed by atoms with Gasteiger partial charge in [0, 0.05) is 49.1 Å². The van der Waals surface area contributed by atoms with E-state index in [0.29, 0.717) is 48.4 Å². The maximum Gasteiger partial charge on any atom is 0.394 e. The fraction of sp³-hybridized carbons (Fsp3) is 0.429. The number of aromatic nitrogens is 1. The lowest BCUT2D eigenvalue weighted by molar-refractivity contribution is -0.158. The Morgan fingerprint density at radius 2 is 1.93 bits per heavy atom. The molecule has 0 radical (unpaired) electrons. The van der Waals surface area contributed by atoms with Gasteiger partial charge < -0.3 is 31.0 Å². The van der Waals surface area contributed by atoms with Crippen LogP contribution in [-0.4, -0.2) is 46.7 Å². The molecule has 1 unspecified atom stereocenters. The van der Waals surface area contributed by atoms with Crippen LogP contribution in [0.5, 0.6) is 5.75 Å². The van der Waals surface area contributed by atoms with Crippen molar-refractivity contribution in [3.05, 3.63) is 47.7 Å². The van der Waals surface area contributed by atoms with Crippen LogP contribution < -0.4 is 15.4 Å². The van der Waals surface area contributed by atoms with Crippen LogP contribution >= 0.6 is 0 Å². The van der Waals surface area contributed by atoms with Gasteiger partial charge in [0.15, 0.2) is 0 Å². The van der Waals surface area contributed by atoms with Gasteiger partial charge in [-0.25, -0.2) is 4.98 Å². The second kappa shape index (κ2) is 10.4. The quantitative estimate of drug-likeness (QED) is 0.417. The lowest BCUT2D eigenvalue weighted by atomic mass is 9.88. The summed E-state index contributed by atoms with van der Waals surface area (Å²) in [7, 11) is 0. The predicted molar refractivity (Wildman–Crippen MR) is 112 cm³/mol. The van der Waals surface area contributed by atoms with Gasteiger partial charge in [-0.05, 0) is 35.9 Å². The van der Waals surface area contributed by atoms with Crippen molar-refractivity contribution in [3.63, 3.8) is 0 Å². The first-order chi connectivity index (χ1) is 14.3. The number of hydrogen-bond acceptors (Lipinski definition) is 7. The Labute approximate surface area is 174 Å². The summed E-state index contributed by atoms with van der Waals surface area (Å²) in [4.78, 5) is 4.28. The molecule has 0 saturated carbocycles. The second-order valence-corrected chi connectivity index (χ2v) is 6.65. The van der Waals surface area contributed by atoms with Crippen LogP contribution in [0.25, 0.3) is 0 Å². The summed E-state index contributed by atoms with van der Waals surface area (Å²) >= 11 is 0. The van der Waals surface area contributed by atoms with E-state index in [1.807, 2.05) is 13.8 Å². The van der Waals surface area contributed by atoms with Crippen molar-refractivity contribution in [1.29, 1.82) is 5.41 Å². The van der Waals surface area contributed by atoms with E-state index in [9.17, 15) is 19.0 Å². The zero-order chi connectivity index (χ0) is 22.3. The molecule has 0 spiro atoms. The molecule has 9 heteroatoms. The van der Waals surface area contributed by atoms with Gasteiger partial charge in [0.05, 0.1) is 6.61 Å². The number of hydrogen-bond donors (Lipinski definition) is 5. The van der Waals surface area contributed by atoms with Gasteiger partial charge in [-0.2, -0.15) is 8.78 Å². The first-order valence-corrected chi connectivity index (χ1v) is 9.80. The molecule has 7 nitrogen and oxygen atoms in total. The number of aliphatic hydroxyl groups excluding tert-OH is 2. The highest BCUT2D eigenvalue weighted by Crippen LogP contribution is 2.30. The number of rotatable bonds is 8. The summed E-state index contributed by atoms with van der Waals surface area (Å²) in [6.45, 7) is 5.48. The molecule has 2 aromatic rings. The van der Waals surface area contributed by atoms with Gasteiger partial charge in [-0.15, -0.1) is 0 Å². The fourth-order valence-corrected chi connectivity index (χ4v) is 2.88. The summed E-state index contributed by atoms with van der Waals surface area (Å²) in [6.07, 6.45) is -2.94. The number of nitrogens with one attached hydrogen (secondary N) is 3. The third-order valence-electron chi connectivity index (χ3n) is 4.39. The largest absolute Gasteiger partial charge is 0.433 e. The average molecular weight is 422 g/mol. The number of halogens is 2. The lowest BCUT2D eigenvalue weighted by Gasteiger charge is -2.30. The molecular formula is C21H28F2N4O3. The van der Waals surface area contributed by atoms with Crippen LogP contribution in [0, 0.1) is 11.3 Å². The first-order valence-electron chi connectivity index (χ1n) is 9.80. The molecule has 0 amide bonds. The fourth-order valence-electron chi connectivity index (χ4n) is 2.88. The van der Waals surface area contributed by atoms with Crippen molar-refractivity contribution in [2.75, 3.05) is 25.0 Å². The third-order valence-corrected chi connectivity index (χ3v) is 4.39. The average Bonchev–Trinajstić information content (AvgIpc) is 2.67. The van der Waals surface area contributed by atoms with Crippen LogP contribution in [0.2, 0.25) is 0 Å². The number of anilines is 2. The van der Waals surface area contributed by atoms with E-state index in [1.54, 1.807) is 18.2 Å². The van der Waals surface area contributed by atoms with Gasteiger partial charge in [0.1, 0.15) is 17.7 Å². The first kappa shape index (κ1) is 23.7.